The van der Waals surface area contributed by atoms with Crippen molar-refractivity contribution in [3.05, 3.63) is 18.0 Å². The summed E-state index contributed by atoms with van der Waals surface area (Å²) < 4.78 is 3.91. The topological polar surface area (TPSA) is 87.2 Å². The van der Waals surface area contributed by atoms with Crippen molar-refractivity contribution in [2.45, 2.75) is 83.2 Å². The number of hydrazone groups is 1. The predicted octanol–water partition coefficient (Wildman–Crippen LogP) is 4.12. The lowest BCUT2D eigenvalue weighted by Crippen LogP contribution is -2.47. The first-order chi connectivity index (χ1) is 17.3. The molecular weight excluding hydrogens is 472 g/mol. The molecule has 4 aliphatic rings. The van der Waals surface area contributed by atoms with Crippen molar-refractivity contribution in [1.29, 1.82) is 5.41 Å². The molecule has 1 amide bonds. The van der Waals surface area contributed by atoms with Crippen molar-refractivity contribution in [1.82, 2.24) is 19.9 Å². The van der Waals surface area contributed by atoms with Gasteiger partial charge >= 0.3 is 0 Å². The van der Waals surface area contributed by atoms with Crippen LogP contribution in [-0.4, -0.2) is 39.2 Å². The SMILES string of the molecule is CC1CC(CNC(=O)C2CC(Cn3ccn(C)c3=N)CC(C3C(C)CCC4NN=CC43)C2)CCC1Cl. The van der Waals surface area contributed by atoms with Crippen LogP contribution in [-0.2, 0) is 18.4 Å². The number of alkyl halides is 1. The van der Waals surface area contributed by atoms with E-state index in [1.807, 2.05) is 24.0 Å². The molecule has 10 unspecified atom stereocenters. The summed E-state index contributed by atoms with van der Waals surface area (Å²) in [5.74, 6) is 3.96. The molecular formula is C28H45ClN6O. The van der Waals surface area contributed by atoms with Gasteiger partial charge in [-0.2, -0.15) is 5.10 Å². The number of nitrogens with one attached hydrogen (secondary N) is 3. The zero-order valence-electron chi connectivity index (χ0n) is 22.2. The third-order valence-electron chi connectivity index (χ3n) is 10.0. The van der Waals surface area contributed by atoms with Gasteiger partial charge in [-0.3, -0.25) is 10.2 Å². The number of amides is 1. The lowest BCUT2D eigenvalue weighted by Gasteiger charge is -2.46. The highest BCUT2D eigenvalue weighted by Gasteiger charge is 2.46. The van der Waals surface area contributed by atoms with Gasteiger partial charge in [0, 0.05) is 56.0 Å². The van der Waals surface area contributed by atoms with Crippen molar-refractivity contribution in [2.24, 2.45) is 59.5 Å². The van der Waals surface area contributed by atoms with Crippen LogP contribution in [0.5, 0.6) is 0 Å². The average Bonchev–Trinajstić information content (AvgIpc) is 3.46. The Hall–Kier alpha value is -1.76. The number of carbonyl (C=O) groups is 1. The maximum Gasteiger partial charge on any atom is 0.223 e. The van der Waals surface area contributed by atoms with Crippen molar-refractivity contribution in [3.8, 4) is 0 Å². The number of halogens is 1. The monoisotopic (exact) mass is 516 g/mol. The van der Waals surface area contributed by atoms with Crippen LogP contribution in [0.3, 0.4) is 0 Å². The molecule has 0 radical (unpaired) electrons. The van der Waals surface area contributed by atoms with Crippen molar-refractivity contribution in [2.75, 3.05) is 6.54 Å². The second-order valence-electron chi connectivity index (χ2n) is 12.6. The van der Waals surface area contributed by atoms with Crippen LogP contribution in [0.2, 0.25) is 0 Å². The Labute approximate surface area is 220 Å². The van der Waals surface area contributed by atoms with E-state index >= 15 is 0 Å². The van der Waals surface area contributed by atoms with E-state index in [4.69, 9.17) is 17.0 Å². The molecule has 10 atom stereocenters. The molecule has 36 heavy (non-hydrogen) atoms. The largest absolute Gasteiger partial charge is 0.356 e. The minimum atomic E-state index is 0.0490. The Morgan fingerprint density at radius 3 is 2.69 bits per heavy atom. The number of imidazole rings is 1. The van der Waals surface area contributed by atoms with E-state index in [1.54, 1.807) is 0 Å². The number of rotatable bonds is 6. The summed E-state index contributed by atoms with van der Waals surface area (Å²) in [6, 6.07) is 0.459. The molecule has 3 fully saturated rings. The molecule has 0 spiro atoms. The molecule has 7 nitrogen and oxygen atoms in total. The molecule has 1 aromatic heterocycles. The number of hydrogen-bond donors (Lipinski definition) is 3. The van der Waals surface area contributed by atoms with Crippen LogP contribution in [0, 0.1) is 52.8 Å². The van der Waals surface area contributed by atoms with E-state index in [9.17, 15) is 4.79 Å². The smallest absolute Gasteiger partial charge is 0.223 e. The molecule has 1 aromatic rings. The van der Waals surface area contributed by atoms with E-state index in [0.29, 0.717) is 53.1 Å². The first kappa shape index (κ1) is 25.9. The molecule has 2 heterocycles. The number of aromatic nitrogens is 2. The van der Waals surface area contributed by atoms with E-state index < -0.39 is 0 Å². The van der Waals surface area contributed by atoms with Gasteiger partial charge in [0.15, 0.2) is 0 Å². The maximum atomic E-state index is 13.6. The van der Waals surface area contributed by atoms with Gasteiger partial charge in [0.2, 0.25) is 11.5 Å². The third-order valence-corrected chi connectivity index (χ3v) is 10.7. The minimum Gasteiger partial charge on any atom is -0.356 e. The number of aryl methyl sites for hydroxylation is 1. The Balaban J connectivity index is 1.30. The maximum absolute atomic E-state index is 13.6. The lowest BCUT2D eigenvalue weighted by atomic mass is 9.59. The van der Waals surface area contributed by atoms with Crippen molar-refractivity contribution >= 4 is 23.7 Å². The Bertz CT molecular complexity index is 1000. The molecule has 3 aliphatic carbocycles. The van der Waals surface area contributed by atoms with Gasteiger partial charge in [0.05, 0.1) is 6.04 Å². The molecule has 0 saturated heterocycles. The number of nitrogens with zero attached hydrogens (tertiary/aromatic N) is 3. The van der Waals surface area contributed by atoms with Gasteiger partial charge in [0.1, 0.15) is 0 Å². The van der Waals surface area contributed by atoms with Crippen LogP contribution in [0.1, 0.15) is 65.2 Å². The van der Waals surface area contributed by atoms with E-state index in [-0.39, 0.29) is 17.2 Å². The fourth-order valence-electron chi connectivity index (χ4n) is 7.99. The summed E-state index contributed by atoms with van der Waals surface area (Å²) in [5.41, 5.74) is 3.88. The summed E-state index contributed by atoms with van der Waals surface area (Å²) in [6.45, 7) is 6.25. The molecule has 8 heteroatoms. The van der Waals surface area contributed by atoms with Crippen LogP contribution in [0.4, 0.5) is 0 Å². The van der Waals surface area contributed by atoms with Gasteiger partial charge < -0.3 is 19.9 Å². The minimum absolute atomic E-state index is 0.0490. The average molecular weight is 517 g/mol. The van der Waals surface area contributed by atoms with Crippen LogP contribution >= 0.6 is 11.6 Å². The molecule has 0 bridgehead atoms. The highest BCUT2D eigenvalue weighted by molar-refractivity contribution is 6.20. The first-order valence-corrected chi connectivity index (χ1v) is 14.7. The second kappa shape index (κ2) is 10.9. The Morgan fingerprint density at radius 2 is 1.94 bits per heavy atom. The third kappa shape index (κ3) is 5.41. The molecule has 5 rings (SSSR count). The van der Waals surface area contributed by atoms with E-state index in [0.717, 1.165) is 51.6 Å². The fraction of sp³-hybridized carbons (Fsp3) is 0.821. The quantitative estimate of drug-likeness (QED) is 0.497. The van der Waals surface area contributed by atoms with Crippen molar-refractivity contribution < 1.29 is 4.79 Å². The van der Waals surface area contributed by atoms with E-state index in [2.05, 4.69) is 40.5 Å². The molecule has 0 aromatic carbocycles. The fourth-order valence-corrected chi connectivity index (χ4v) is 8.22. The van der Waals surface area contributed by atoms with Crippen LogP contribution < -0.4 is 16.4 Å². The highest BCUT2D eigenvalue weighted by Crippen LogP contribution is 2.48. The highest BCUT2D eigenvalue weighted by atomic mass is 35.5. The number of carbonyl (C=O) groups excluding carboxylic acids is 1. The summed E-state index contributed by atoms with van der Waals surface area (Å²) in [6.07, 6.45) is 14.8. The summed E-state index contributed by atoms with van der Waals surface area (Å²) in [7, 11) is 1.92. The van der Waals surface area contributed by atoms with Gasteiger partial charge in [-0.1, -0.05) is 13.8 Å². The summed E-state index contributed by atoms with van der Waals surface area (Å²) in [5, 5.41) is 16.5. The zero-order valence-corrected chi connectivity index (χ0v) is 23.0. The summed E-state index contributed by atoms with van der Waals surface area (Å²) in [4.78, 5) is 13.6. The summed E-state index contributed by atoms with van der Waals surface area (Å²) >= 11 is 6.43. The molecule has 200 valence electrons. The normalized spacial score (nSPS) is 40.4. The van der Waals surface area contributed by atoms with E-state index in [1.165, 1.54) is 12.8 Å². The molecule has 1 aliphatic heterocycles. The van der Waals surface area contributed by atoms with Crippen molar-refractivity contribution in [3.63, 3.8) is 0 Å². The Morgan fingerprint density at radius 1 is 1.11 bits per heavy atom. The second-order valence-corrected chi connectivity index (χ2v) is 13.1. The van der Waals surface area contributed by atoms with Gasteiger partial charge in [-0.15, -0.1) is 11.6 Å². The zero-order chi connectivity index (χ0) is 25.4. The lowest BCUT2D eigenvalue weighted by molar-refractivity contribution is -0.128. The van der Waals surface area contributed by atoms with Gasteiger partial charge in [-0.05, 0) is 86.9 Å². The first-order valence-electron chi connectivity index (χ1n) is 14.3. The van der Waals surface area contributed by atoms with Gasteiger partial charge in [0.25, 0.3) is 0 Å². The van der Waals surface area contributed by atoms with Crippen LogP contribution in [0.25, 0.3) is 0 Å². The number of hydrogen-bond acceptors (Lipinski definition) is 4. The Kier molecular flexibility index (Phi) is 7.85. The molecule has 3 saturated carbocycles. The number of fused-ring (bicyclic) bond motifs is 1. The van der Waals surface area contributed by atoms with Crippen LogP contribution in [0.15, 0.2) is 17.5 Å². The standard InChI is InChI=1S/C28H45ClN6O/c1-17-4-7-25-23(15-32-33-25)26(17)21-11-20(16-35-9-8-34(3)28(35)30)12-22(13-21)27(36)31-14-19-5-6-24(29)18(2)10-19/h8-9,15,17-26,30,33H,4-7,10-14,16H2,1-3H3,(H,31,36). The van der Waals surface area contributed by atoms with Gasteiger partial charge in [-0.25, -0.2) is 0 Å². The predicted molar refractivity (Wildman–Crippen MR) is 144 cm³/mol. The molecule has 3 N–H and O–H groups in total.